The number of carbonyl (C=O) groups excluding carboxylic acids is 1. The fourth-order valence-electron chi connectivity index (χ4n) is 2.88. The number of nitrogens with zero attached hydrogens (tertiary/aromatic N) is 3. The van der Waals surface area contributed by atoms with Crippen molar-refractivity contribution in [2.45, 2.75) is 19.4 Å². The van der Waals surface area contributed by atoms with Crippen LogP contribution >= 0.6 is 0 Å². The molecule has 1 aliphatic rings. The van der Waals surface area contributed by atoms with Gasteiger partial charge in [0, 0.05) is 27.2 Å². The Morgan fingerprint density at radius 1 is 1.25 bits per heavy atom. The van der Waals surface area contributed by atoms with E-state index >= 15 is 0 Å². The molecule has 0 radical (unpaired) electrons. The molecule has 0 saturated carbocycles. The van der Waals surface area contributed by atoms with E-state index in [-0.39, 0.29) is 17.5 Å². The molecule has 0 aliphatic carbocycles. The number of carboxylic acid groups (broad SMARTS) is 1. The van der Waals surface area contributed by atoms with E-state index < -0.39 is 6.09 Å². The third-order valence-corrected chi connectivity index (χ3v) is 4.52. The van der Waals surface area contributed by atoms with Gasteiger partial charge in [-0.3, -0.25) is 4.79 Å². The summed E-state index contributed by atoms with van der Waals surface area (Å²) in [6.07, 6.45) is 2.78. The van der Waals surface area contributed by atoms with Gasteiger partial charge < -0.3 is 24.2 Å². The van der Waals surface area contributed by atoms with Crippen molar-refractivity contribution in [1.29, 1.82) is 0 Å². The van der Waals surface area contributed by atoms with Crippen LogP contribution in [0.2, 0.25) is 0 Å². The number of benzene rings is 1. The van der Waals surface area contributed by atoms with Gasteiger partial charge in [0.15, 0.2) is 0 Å². The van der Waals surface area contributed by atoms with E-state index in [1.165, 1.54) is 21.4 Å². The Morgan fingerprint density at radius 2 is 1.93 bits per heavy atom. The number of carbonyl (C=O) groups is 2. The molecule has 2 heterocycles. The van der Waals surface area contributed by atoms with Crippen molar-refractivity contribution in [2.75, 3.05) is 27.2 Å². The maximum absolute atomic E-state index is 11.8. The standard InChI is InChI=1S/C20H23N3O5/c1-22(2)19(24)17-12-18(21-28-17)27-13-16-5-3-14(4-6-16)11-15-7-9-23(10-8-15)20(25)26/h3-6,11-12H,7-10,13H2,1-2H3,(H,25,26). The molecule has 28 heavy (non-hydrogen) atoms. The van der Waals surface area contributed by atoms with Crippen molar-refractivity contribution in [2.24, 2.45) is 0 Å². The number of rotatable bonds is 5. The lowest BCUT2D eigenvalue weighted by Gasteiger charge is -2.25. The molecule has 2 aromatic rings. The third kappa shape index (κ3) is 4.91. The number of likely N-dealkylation sites (tertiary alicyclic amines) is 1. The fourth-order valence-corrected chi connectivity index (χ4v) is 2.88. The molecule has 1 fully saturated rings. The molecular formula is C20H23N3O5. The van der Waals surface area contributed by atoms with E-state index in [9.17, 15) is 9.59 Å². The summed E-state index contributed by atoms with van der Waals surface area (Å²) in [6.45, 7) is 1.40. The second-order valence-electron chi connectivity index (χ2n) is 6.83. The first-order chi connectivity index (χ1) is 13.4. The topological polar surface area (TPSA) is 96.1 Å². The molecule has 0 unspecified atom stereocenters. The molecule has 1 aliphatic heterocycles. The van der Waals surface area contributed by atoms with Crippen LogP contribution in [0, 0.1) is 0 Å². The largest absolute Gasteiger partial charge is 0.471 e. The smallest absolute Gasteiger partial charge is 0.407 e. The average molecular weight is 385 g/mol. The molecule has 8 heteroatoms. The van der Waals surface area contributed by atoms with Crippen LogP contribution in [0.4, 0.5) is 4.79 Å². The first-order valence-corrected chi connectivity index (χ1v) is 9.00. The van der Waals surface area contributed by atoms with Crippen LogP contribution < -0.4 is 4.74 Å². The van der Waals surface area contributed by atoms with Crippen molar-refractivity contribution >= 4 is 18.1 Å². The molecule has 1 N–H and O–H groups in total. The summed E-state index contributed by atoms with van der Waals surface area (Å²) in [5.74, 6) is 0.131. The van der Waals surface area contributed by atoms with E-state index in [4.69, 9.17) is 14.4 Å². The molecular weight excluding hydrogens is 362 g/mol. The lowest BCUT2D eigenvalue weighted by molar-refractivity contribution is 0.0786. The highest BCUT2D eigenvalue weighted by Crippen LogP contribution is 2.20. The molecule has 0 bridgehead atoms. The Balaban J connectivity index is 1.53. The maximum Gasteiger partial charge on any atom is 0.407 e. The van der Waals surface area contributed by atoms with Crippen LogP contribution in [0.5, 0.6) is 5.88 Å². The van der Waals surface area contributed by atoms with Gasteiger partial charge in [-0.05, 0) is 29.1 Å². The maximum atomic E-state index is 11.8. The van der Waals surface area contributed by atoms with Gasteiger partial charge in [-0.15, -0.1) is 0 Å². The highest BCUT2D eigenvalue weighted by atomic mass is 16.5. The van der Waals surface area contributed by atoms with Gasteiger partial charge in [0.2, 0.25) is 5.76 Å². The molecule has 1 aromatic heterocycles. The zero-order valence-corrected chi connectivity index (χ0v) is 15.9. The number of amides is 2. The minimum atomic E-state index is -0.853. The average Bonchev–Trinajstić information content (AvgIpc) is 3.16. The highest BCUT2D eigenvalue weighted by Gasteiger charge is 2.18. The summed E-state index contributed by atoms with van der Waals surface area (Å²) in [4.78, 5) is 25.6. The first kappa shape index (κ1) is 19.5. The molecule has 1 aromatic carbocycles. The second-order valence-corrected chi connectivity index (χ2v) is 6.83. The Morgan fingerprint density at radius 3 is 2.54 bits per heavy atom. The summed E-state index contributed by atoms with van der Waals surface area (Å²) in [5, 5.41) is 12.7. The first-order valence-electron chi connectivity index (χ1n) is 9.00. The minimum Gasteiger partial charge on any atom is -0.471 e. The summed E-state index contributed by atoms with van der Waals surface area (Å²) < 4.78 is 10.6. The van der Waals surface area contributed by atoms with Gasteiger partial charge in [-0.25, -0.2) is 4.79 Å². The van der Waals surface area contributed by atoms with Crippen molar-refractivity contribution < 1.29 is 24.0 Å². The van der Waals surface area contributed by atoms with Gasteiger partial charge in [0.1, 0.15) is 6.61 Å². The van der Waals surface area contributed by atoms with Crippen molar-refractivity contribution in [3.63, 3.8) is 0 Å². The van der Waals surface area contributed by atoms with Crippen molar-refractivity contribution in [3.05, 3.63) is 52.8 Å². The number of aromatic nitrogens is 1. The zero-order chi connectivity index (χ0) is 20.1. The zero-order valence-electron chi connectivity index (χ0n) is 15.9. The number of hydrogen-bond donors (Lipinski definition) is 1. The molecule has 1 saturated heterocycles. The summed E-state index contributed by atoms with van der Waals surface area (Å²) in [7, 11) is 3.27. The normalized spacial score (nSPS) is 13.9. The van der Waals surface area contributed by atoms with Gasteiger partial charge in [-0.2, -0.15) is 0 Å². The van der Waals surface area contributed by atoms with E-state index in [2.05, 4.69) is 11.2 Å². The minimum absolute atomic E-state index is 0.135. The molecule has 0 spiro atoms. The molecule has 8 nitrogen and oxygen atoms in total. The van der Waals surface area contributed by atoms with Crippen molar-refractivity contribution in [1.82, 2.24) is 15.0 Å². The monoisotopic (exact) mass is 385 g/mol. The van der Waals surface area contributed by atoms with E-state index in [0.717, 1.165) is 24.0 Å². The van der Waals surface area contributed by atoms with Crippen LogP contribution in [0.3, 0.4) is 0 Å². The van der Waals surface area contributed by atoms with Gasteiger partial charge in [-0.1, -0.05) is 35.9 Å². The number of piperidine rings is 1. The van der Waals surface area contributed by atoms with Gasteiger partial charge in [0.25, 0.3) is 11.8 Å². The molecule has 3 rings (SSSR count). The molecule has 0 atom stereocenters. The fraction of sp³-hybridized carbons (Fsp3) is 0.350. The lowest BCUT2D eigenvalue weighted by Crippen LogP contribution is -2.35. The predicted octanol–water partition coefficient (Wildman–Crippen LogP) is 3.11. The van der Waals surface area contributed by atoms with Crippen LogP contribution in [0.25, 0.3) is 6.08 Å². The number of hydrogen-bond acceptors (Lipinski definition) is 5. The van der Waals surface area contributed by atoms with Crippen LogP contribution in [0.1, 0.15) is 34.5 Å². The van der Waals surface area contributed by atoms with E-state index in [1.54, 1.807) is 14.1 Å². The highest BCUT2D eigenvalue weighted by molar-refractivity contribution is 5.91. The third-order valence-electron chi connectivity index (χ3n) is 4.52. The SMILES string of the molecule is CN(C)C(=O)c1cc(OCc2ccc(C=C3CCN(C(=O)O)CC3)cc2)no1. The Bertz CT molecular complexity index is 860. The van der Waals surface area contributed by atoms with Gasteiger partial charge in [0.05, 0.1) is 6.07 Å². The van der Waals surface area contributed by atoms with Crippen LogP contribution in [0.15, 0.2) is 40.4 Å². The lowest BCUT2D eigenvalue weighted by atomic mass is 10.0. The van der Waals surface area contributed by atoms with Crippen molar-refractivity contribution in [3.8, 4) is 5.88 Å². The Kier molecular flexibility index (Phi) is 5.98. The second kappa shape index (κ2) is 8.60. The van der Waals surface area contributed by atoms with E-state index in [1.807, 2.05) is 24.3 Å². The summed E-state index contributed by atoms with van der Waals surface area (Å²) in [6, 6.07) is 9.40. The van der Waals surface area contributed by atoms with Gasteiger partial charge >= 0.3 is 6.09 Å². The Hall–Kier alpha value is -3.29. The summed E-state index contributed by atoms with van der Waals surface area (Å²) in [5.41, 5.74) is 3.29. The molecule has 148 valence electrons. The van der Waals surface area contributed by atoms with Crippen LogP contribution in [-0.4, -0.2) is 59.2 Å². The summed E-state index contributed by atoms with van der Waals surface area (Å²) >= 11 is 0. The molecule has 2 amide bonds. The van der Waals surface area contributed by atoms with E-state index in [0.29, 0.717) is 19.7 Å². The van der Waals surface area contributed by atoms with Crippen LogP contribution in [-0.2, 0) is 6.61 Å². The Labute approximate surface area is 163 Å². The quantitative estimate of drug-likeness (QED) is 0.850. The number of ether oxygens (including phenoxy) is 1. The predicted molar refractivity (Wildman–Crippen MR) is 102 cm³/mol.